The Morgan fingerprint density at radius 3 is 2.39 bits per heavy atom. The number of ether oxygens (including phenoxy) is 3. The summed E-state index contributed by atoms with van der Waals surface area (Å²) in [6.45, 7) is 1.30. The Balaban J connectivity index is 2.67. The topological polar surface area (TPSA) is 44.8 Å². The molecule has 0 saturated carbocycles. The zero-order valence-electron chi connectivity index (χ0n) is 9.49. The Bertz CT molecular complexity index is 404. The maximum Gasteiger partial charge on any atom is 0.573 e. The molecule has 1 aromatic carbocycles. The molecule has 0 heterocycles. The van der Waals surface area contributed by atoms with Crippen molar-refractivity contribution in [3.63, 3.8) is 0 Å². The maximum absolute atomic E-state index is 12.1. The average molecular weight is 264 g/mol. The monoisotopic (exact) mass is 264 g/mol. The molecule has 0 aliphatic carbocycles. The standard InChI is InChI=1S/C11H11F3O4/c1-2-16-10(15)7-17-8-5-3-4-6-9(8)18-11(12,13)14/h3-6H,2,7H2,1H3. The van der Waals surface area contributed by atoms with Gasteiger partial charge in [-0.2, -0.15) is 0 Å². The second kappa shape index (κ2) is 6.13. The predicted molar refractivity (Wildman–Crippen MR) is 55.3 cm³/mol. The molecule has 0 bridgehead atoms. The first-order valence-corrected chi connectivity index (χ1v) is 5.05. The van der Waals surface area contributed by atoms with E-state index >= 15 is 0 Å². The van der Waals surface area contributed by atoms with Crippen LogP contribution in [0, 0.1) is 0 Å². The highest BCUT2D eigenvalue weighted by Gasteiger charge is 2.32. The van der Waals surface area contributed by atoms with Crippen LogP contribution in [0.15, 0.2) is 24.3 Å². The molecule has 0 atom stereocenters. The van der Waals surface area contributed by atoms with Crippen molar-refractivity contribution in [2.24, 2.45) is 0 Å². The first kappa shape index (κ1) is 14.1. The quantitative estimate of drug-likeness (QED) is 0.766. The first-order valence-electron chi connectivity index (χ1n) is 5.05. The van der Waals surface area contributed by atoms with Crippen molar-refractivity contribution in [1.29, 1.82) is 0 Å². The van der Waals surface area contributed by atoms with E-state index in [1.54, 1.807) is 6.92 Å². The Hall–Kier alpha value is -1.92. The van der Waals surface area contributed by atoms with Crippen molar-refractivity contribution in [3.8, 4) is 11.5 Å². The number of esters is 1. The van der Waals surface area contributed by atoms with Gasteiger partial charge in [-0.3, -0.25) is 0 Å². The SMILES string of the molecule is CCOC(=O)COc1ccccc1OC(F)(F)F. The smallest absolute Gasteiger partial charge is 0.478 e. The van der Waals surface area contributed by atoms with Crippen molar-refractivity contribution < 1.29 is 32.2 Å². The number of halogens is 3. The number of benzene rings is 1. The highest BCUT2D eigenvalue weighted by atomic mass is 19.4. The third-order valence-electron chi connectivity index (χ3n) is 1.73. The third-order valence-corrected chi connectivity index (χ3v) is 1.73. The van der Waals surface area contributed by atoms with Crippen molar-refractivity contribution in [2.45, 2.75) is 13.3 Å². The van der Waals surface area contributed by atoms with E-state index in [9.17, 15) is 18.0 Å². The van der Waals surface area contributed by atoms with E-state index in [-0.39, 0.29) is 12.4 Å². The molecule has 7 heteroatoms. The van der Waals surface area contributed by atoms with Gasteiger partial charge < -0.3 is 14.2 Å². The van der Waals surface area contributed by atoms with Crippen LogP contribution in [0.25, 0.3) is 0 Å². The summed E-state index contributed by atoms with van der Waals surface area (Å²) in [5.74, 6) is -1.35. The lowest BCUT2D eigenvalue weighted by Gasteiger charge is -2.13. The number of carbonyl (C=O) groups excluding carboxylic acids is 1. The number of rotatable bonds is 5. The van der Waals surface area contributed by atoms with Gasteiger partial charge in [0.25, 0.3) is 0 Å². The van der Waals surface area contributed by atoms with Crippen molar-refractivity contribution in [1.82, 2.24) is 0 Å². The van der Waals surface area contributed by atoms with Crippen LogP contribution in [-0.2, 0) is 9.53 Å². The van der Waals surface area contributed by atoms with Gasteiger partial charge in [-0.25, -0.2) is 4.79 Å². The summed E-state index contributed by atoms with van der Waals surface area (Å²) in [4.78, 5) is 11.0. The summed E-state index contributed by atoms with van der Waals surface area (Å²) in [7, 11) is 0. The summed E-state index contributed by atoms with van der Waals surface area (Å²) in [5, 5.41) is 0. The van der Waals surface area contributed by atoms with Crippen LogP contribution in [0.4, 0.5) is 13.2 Å². The van der Waals surface area contributed by atoms with Crippen LogP contribution in [0.5, 0.6) is 11.5 Å². The van der Waals surface area contributed by atoms with Crippen LogP contribution in [0.1, 0.15) is 6.92 Å². The number of hydrogen-bond acceptors (Lipinski definition) is 4. The van der Waals surface area contributed by atoms with Gasteiger partial charge in [0.2, 0.25) is 0 Å². The highest BCUT2D eigenvalue weighted by Crippen LogP contribution is 2.31. The molecule has 0 saturated heterocycles. The summed E-state index contributed by atoms with van der Waals surface area (Å²) in [6, 6.07) is 5.18. The van der Waals surface area contributed by atoms with Gasteiger partial charge in [-0.15, -0.1) is 13.2 Å². The normalized spacial score (nSPS) is 10.9. The second-order valence-electron chi connectivity index (χ2n) is 3.09. The van der Waals surface area contributed by atoms with Gasteiger partial charge >= 0.3 is 12.3 Å². The largest absolute Gasteiger partial charge is 0.573 e. The molecule has 0 radical (unpaired) electrons. The third kappa shape index (κ3) is 4.94. The van der Waals surface area contributed by atoms with Crippen LogP contribution in [-0.4, -0.2) is 25.5 Å². The maximum atomic E-state index is 12.1. The molecule has 0 amide bonds. The lowest BCUT2D eigenvalue weighted by Crippen LogP contribution is -2.19. The van der Waals surface area contributed by atoms with Gasteiger partial charge in [-0.05, 0) is 19.1 Å². The molecule has 1 rings (SSSR count). The minimum atomic E-state index is -4.82. The molecule has 0 aliphatic rings. The summed E-state index contributed by atoms with van der Waals surface area (Å²) in [6.07, 6.45) is -4.82. The number of alkyl halides is 3. The summed E-state index contributed by atoms with van der Waals surface area (Å²) >= 11 is 0. The molecule has 4 nitrogen and oxygen atoms in total. The fraction of sp³-hybridized carbons (Fsp3) is 0.364. The molecule has 0 aliphatic heterocycles. The van der Waals surface area contributed by atoms with Gasteiger partial charge in [0.15, 0.2) is 18.1 Å². The summed E-state index contributed by atoms with van der Waals surface area (Å²) < 4.78 is 49.4. The highest BCUT2D eigenvalue weighted by molar-refractivity contribution is 5.71. The molecule has 1 aromatic rings. The Morgan fingerprint density at radius 1 is 1.22 bits per heavy atom. The predicted octanol–water partition coefficient (Wildman–Crippen LogP) is 2.53. The Labute approximate surface area is 101 Å². The zero-order chi connectivity index (χ0) is 13.6. The minimum absolute atomic E-state index is 0.170. The van der Waals surface area contributed by atoms with E-state index in [1.165, 1.54) is 18.2 Å². The van der Waals surface area contributed by atoms with Crippen molar-refractivity contribution >= 4 is 5.97 Å². The molecule has 0 unspecified atom stereocenters. The van der Waals surface area contributed by atoms with E-state index in [0.717, 1.165) is 6.07 Å². The lowest BCUT2D eigenvalue weighted by atomic mass is 10.3. The number of carbonyl (C=O) groups is 1. The van der Waals surface area contributed by atoms with Gasteiger partial charge in [0.1, 0.15) is 0 Å². The Kier molecular flexibility index (Phi) is 4.82. The van der Waals surface area contributed by atoms with Gasteiger partial charge in [-0.1, -0.05) is 12.1 Å². The van der Waals surface area contributed by atoms with Crippen LogP contribution in [0.2, 0.25) is 0 Å². The van der Waals surface area contributed by atoms with Gasteiger partial charge in [0, 0.05) is 0 Å². The number of para-hydroxylation sites is 2. The molecule has 0 spiro atoms. The molecule has 0 fully saturated rings. The second-order valence-corrected chi connectivity index (χ2v) is 3.09. The summed E-state index contributed by atoms with van der Waals surface area (Å²) in [5.41, 5.74) is 0. The van der Waals surface area contributed by atoms with Crippen LogP contribution >= 0.6 is 0 Å². The van der Waals surface area contributed by atoms with E-state index in [4.69, 9.17) is 4.74 Å². The fourth-order valence-electron chi connectivity index (χ4n) is 1.12. The van der Waals surface area contributed by atoms with Crippen LogP contribution < -0.4 is 9.47 Å². The lowest BCUT2D eigenvalue weighted by molar-refractivity contribution is -0.275. The molecular weight excluding hydrogens is 253 g/mol. The van der Waals surface area contributed by atoms with Crippen LogP contribution in [0.3, 0.4) is 0 Å². The molecule has 0 aromatic heterocycles. The van der Waals surface area contributed by atoms with E-state index in [2.05, 4.69) is 9.47 Å². The first-order chi connectivity index (χ1) is 8.42. The van der Waals surface area contributed by atoms with E-state index in [1.807, 2.05) is 0 Å². The minimum Gasteiger partial charge on any atom is -0.478 e. The van der Waals surface area contributed by atoms with Crippen molar-refractivity contribution in [3.05, 3.63) is 24.3 Å². The van der Waals surface area contributed by atoms with E-state index in [0.29, 0.717) is 0 Å². The van der Waals surface area contributed by atoms with Gasteiger partial charge in [0.05, 0.1) is 6.61 Å². The van der Waals surface area contributed by atoms with Crippen molar-refractivity contribution in [2.75, 3.05) is 13.2 Å². The molecule has 0 N–H and O–H groups in total. The van der Waals surface area contributed by atoms with E-state index < -0.39 is 24.7 Å². The average Bonchev–Trinajstić information content (AvgIpc) is 2.26. The number of hydrogen-bond donors (Lipinski definition) is 0. The molecule has 18 heavy (non-hydrogen) atoms. The fourth-order valence-corrected chi connectivity index (χ4v) is 1.12. The Morgan fingerprint density at radius 2 is 1.83 bits per heavy atom. The molecule has 100 valence electrons. The molecular formula is C11H11F3O4. The zero-order valence-corrected chi connectivity index (χ0v) is 9.49.